The van der Waals surface area contributed by atoms with Crippen LogP contribution in [0.2, 0.25) is 10.0 Å². The molecule has 36 heavy (non-hydrogen) atoms. The van der Waals surface area contributed by atoms with E-state index in [4.69, 9.17) is 39.5 Å². The maximum atomic E-state index is 13.8. The third kappa shape index (κ3) is 5.53. The Morgan fingerprint density at radius 1 is 1.06 bits per heavy atom. The van der Waals surface area contributed by atoms with Gasteiger partial charge in [0.1, 0.15) is 18.7 Å². The summed E-state index contributed by atoms with van der Waals surface area (Å²) in [6.07, 6.45) is -0.903. The molecular weight excluding hydrogens is 547 g/mol. The van der Waals surface area contributed by atoms with Crippen molar-refractivity contribution in [2.45, 2.75) is 29.3 Å². The van der Waals surface area contributed by atoms with Crippen molar-refractivity contribution in [3.8, 4) is 0 Å². The summed E-state index contributed by atoms with van der Waals surface area (Å²) in [7, 11) is -4.23. The second kappa shape index (κ2) is 10.8. The van der Waals surface area contributed by atoms with Crippen LogP contribution in [0.1, 0.15) is 28.1 Å². The van der Waals surface area contributed by atoms with Crippen molar-refractivity contribution in [3.63, 3.8) is 0 Å². The Morgan fingerprint density at radius 2 is 1.72 bits per heavy atom. The van der Waals surface area contributed by atoms with Gasteiger partial charge in [-0.1, -0.05) is 77.3 Å². The van der Waals surface area contributed by atoms with Gasteiger partial charge >= 0.3 is 6.09 Å². The highest BCUT2D eigenvalue weighted by Crippen LogP contribution is 2.36. The van der Waals surface area contributed by atoms with E-state index >= 15 is 0 Å². The molecule has 0 radical (unpaired) electrons. The fourth-order valence-electron chi connectivity index (χ4n) is 3.83. The van der Waals surface area contributed by atoms with Gasteiger partial charge in [0.2, 0.25) is 10.0 Å². The largest absolute Gasteiger partial charge is 0.446 e. The summed E-state index contributed by atoms with van der Waals surface area (Å²) in [5.74, 6) is -0.881. The number of alkyl halides is 1. The molecule has 11 heteroatoms. The minimum absolute atomic E-state index is 0.0689. The molecule has 1 saturated heterocycles. The Labute approximate surface area is 224 Å². The summed E-state index contributed by atoms with van der Waals surface area (Å²) in [5, 5.41) is -0.811. The van der Waals surface area contributed by atoms with Crippen molar-refractivity contribution in [3.05, 3.63) is 99.5 Å². The number of ether oxygens (including phenoxy) is 1. The first-order chi connectivity index (χ1) is 17.1. The van der Waals surface area contributed by atoms with Crippen LogP contribution in [0.25, 0.3) is 0 Å². The van der Waals surface area contributed by atoms with Crippen LogP contribution in [-0.4, -0.2) is 38.0 Å². The van der Waals surface area contributed by atoms with Gasteiger partial charge in [-0.15, -0.1) is 11.6 Å². The van der Waals surface area contributed by atoms with Crippen LogP contribution < -0.4 is 4.72 Å². The minimum atomic E-state index is -4.23. The molecule has 1 aliphatic rings. The second-order valence-corrected chi connectivity index (χ2v) is 11.2. The van der Waals surface area contributed by atoms with E-state index in [9.17, 15) is 18.0 Å². The molecule has 0 aliphatic carbocycles. The highest BCUT2D eigenvalue weighted by Gasteiger charge is 2.45. The number of halogens is 3. The van der Waals surface area contributed by atoms with Gasteiger partial charge in [0.15, 0.2) is 0 Å². The fraction of sp³-hybridized carbons (Fsp3) is 0.200. The quantitative estimate of drug-likeness (QED) is 0.373. The predicted octanol–water partition coefficient (Wildman–Crippen LogP) is 5.65. The number of carbonyl (C=O) groups excluding carboxylic acids is 2. The summed E-state index contributed by atoms with van der Waals surface area (Å²) in [4.78, 5) is 27.3. The number of carbonyl (C=O) groups is 2. The van der Waals surface area contributed by atoms with Gasteiger partial charge < -0.3 is 4.74 Å². The molecule has 2 amide bonds. The molecule has 0 spiro atoms. The number of sulfonamides is 1. The third-order valence-corrected chi connectivity index (χ3v) is 8.23. The lowest BCUT2D eigenvalue weighted by atomic mass is 10.0. The van der Waals surface area contributed by atoms with Gasteiger partial charge in [0.25, 0.3) is 5.91 Å². The molecule has 0 saturated carbocycles. The van der Waals surface area contributed by atoms with E-state index in [1.165, 1.54) is 30.3 Å². The minimum Gasteiger partial charge on any atom is -0.446 e. The zero-order chi connectivity index (χ0) is 26.0. The first-order valence-electron chi connectivity index (χ1n) is 10.8. The number of nitrogens with zero attached hydrogens (tertiary/aromatic N) is 1. The highest BCUT2D eigenvalue weighted by molar-refractivity contribution is 7.89. The molecule has 0 aromatic heterocycles. The Morgan fingerprint density at radius 3 is 2.36 bits per heavy atom. The average molecular weight is 568 g/mol. The van der Waals surface area contributed by atoms with E-state index < -0.39 is 39.5 Å². The Bertz CT molecular complexity index is 1380. The lowest BCUT2D eigenvalue weighted by Crippen LogP contribution is -2.51. The molecule has 0 unspecified atom stereocenters. The topological polar surface area (TPSA) is 92.8 Å². The van der Waals surface area contributed by atoms with Crippen molar-refractivity contribution in [1.82, 2.24) is 9.62 Å². The molecule has 1 N–H and O–H groups in total. The number of nitrogens with one attached hydrogen (secondary N) is 1. The molecule has 1 heterocycles. The lowest BCUT2D eigenvalue weighted by molar-refractivity contribution is -0.131. The van der Waals surface area contributed by atoms with Crippen LogP contribution in [0.3, 0.4) is 0 Å². The molecule has 0 bridgehead atoms. The van der Waals surface area contributed by atoms with E-state index in [1.807, 2.05) is 6.92 Å². The zero-order valence-electron chi connectivity index (χ0n) is 18.9. The second-order valence-electron chi connectivity index (χ2n) is 8.19. The number of benzene rings is 3. The Hall–Kier alpha value is -2.62. The molecule has 1 fully saturated rings. The normalized spacial score (nSPS) is 17.5. The standard InChI is InChI=1S/C25H21Cl3N2O5S/c1-15-7-10-18(11-8-15)36(33,34)29-23(22(28)19-12-9-17(26)13-20(19)27)24(31)30-21(14-35-25(30)32)16-5-3-2-4-6-16/h2-13,21-23,29H,14H2,1H3/t21-,22+,23+/m1/s1. The van der Waals surface area contributed by atoms with Crippen LogP contribution in [-0.2, 0) is 19.6 Å². The highest BCUT2D eigenvalue weighted by atomic mass is 35.5. The molecule has 4 rings (SSSR count). The number of aryl methyl sites for hydroxylation is 1. The number of cyclic esters (lactones) is 1. The number of hydrogen-bond acceptors (Lipinski definition) is 5. The number of hydrogen-bond donors (Lipinski definition) is 1. The molecule has 7 nitrogen and oxygen atoms in total. The molecule has 3 aromatic carbocycles. The van der Waals surface area contributed by atoms with Crippen LogP contribution in [0.15, 0.2) is 77.7 Å². The summed E-state index contributed by atoms with van der Waals surface area (Å²) < 4.78 is 34.1. The third-order valence-electron chi connectivity index (χ3n) is 5.73. The predicted molar refractivity (Wildman–Crippen MR) is 138 cm³/mol. The summed E-state index contributed by atoms with van der Waals surface area (Å²) in [5.41, 5.74) is 1.76. The van der Waals surface area contributed by atoms with E-state index in [1.54, 1.807) is 42.5 Å². The van der Waals surface area contributed by atoms with Gasteiger partial charge in [0.05, 0.1) is 10.3 Å². The lowest BCUT2D eigenvalue weighted by Gasteiger charge is -2.28. The zero-order valence-corrected chi connectivity index (χ0v) is 22.0. The summed E-state index contributed by atoms with van der Waals surface area (Å²) in [6.45, 7) is 1.73. The summed E-state index contributed by atoms with van der Waals surface area (Å²) >= 11 is 19.0. The van der Waals surface area contributed by atoms with Crippen LogP contribution in [0.4, 0.5) is 4.79 Å². The van der Waals surface area contributed by atoms with Crippen molar-refractivity contribution < 1.29 is 22.7 Å². The average Bonchev–Trinajstić information content (AvgIpc) is 3.24. The van der Waals surface area contributed by atoms with Crippen LogP contribution >= 0.6 is 34.8 Å². The van der Waals surface area contributed by atoms with Crippen molar-refractivity contribution in [2.24, 2.45) is 0 Å². The van der Waals surface area contributed by atoms with E-state index in [0.717, 1.165) is 10.5 Å². The van der Waals surface area contributed by atoms with Crippen LogP contribution in [0.5, 0.6) is 0 Å². The van der Waals surface area contributed by atoms with Gasteiger partial charge in [-0.2, -0.15) is 4.72 Å². The fourth-order valence-corrected chi connectivity index (χ4v) is 6.05. The van der Waals surface area contributed by atoms with E-state index in [0.29, 0.717) is 10.6 Å². The SMILES string of the molecule is Cc1ccc(S(=O)(=O)N[C@H](C(=O)N2C(=O)OC[C@@H]2c2ccccc2)[C@@H](Cl)c2ccc(Cl)cc2Cl)cc1. The van der Waals surface area contributed by atoms with E-state index in [2.05, 4.69) is 4.72 Å². The maximum absolute atomic E-state index is 13.8. The summed E-state index contributed by atoms with van der Waals surface area (Å²) in [6, 6.07) is 17.0. The smallest absolute Gasteiger partial charge is 0.417 e. The monoisotopic (exact) mass is 566 g/mol. The van der Waals surface area contributed by atoms with Gasteiger partial charge in [-0.05, 0) is 42.3 Å². The van der Waals surface area contributed by atoms with Gasteiger partial charge in [-0.25, -0.2) is 18.1 Å². The van der Waals surface area contributed by atoms with Gasteiger partial charge in [0, 0.05) is 10.0 Å². The van der Waals surface area contributed by atoms with E-state index in [-0.39, 0.29) is 22.1 Å². The first-order valence-corrected chi connectivity index (χ1v) is 13.5. The number of rotatable bonds is 7. The Balaban J connectivity index is 1.75. The molecule has 1 aliphatic heterocycles. The van der Waals surface area contributed by atoms with Crippen molar-refractivity contribution in [1.29, 1.82) is 0 Å². The first kappa shape index (κ1) is 26.4. The maximum Gasteiger partial charge on any atom is 0.417 e. The molecule has 188 valence electrons. The van der Waals surface area contributed by atoms with Gasteiger partial charge in [-0.3, -0.25) is 4.79 Å². The van der Waals surface area contributed by atoms with Crippen molar-refractivity contribution in [2.75, 3.05) is 6.61 Å². The molecule has 3 aromatic rings. The van der Waals surface area contributed by atoms with Crippen molar-refractivity contribution >= 4 is 56.8 Å². The molecule has 3 atom stereocenters. The number of imide groups is 1. The van der Waals surface area contributed by atoms with Crippen LogP contribution in [0, 0.1) is 6.92 Å². The molecular formula is C25H21Cl3N2O5S. The Kier molecular flexibility index (Phi) is 7.92. The number of amides is 2.